The number of thiazole rings is 1. The predicted molar refractivity (Wildman–Crippen MR) is 108 cm³/mol. The average molecular weight is 404 g/mol. The zero-order valence-corrected chi connectivity index (χ0v) is 16.9. The van der Waals surface area contributed by atoms with Crippen LogP contribution in [0, 0.1) is 5.92 Å². The maximum absolute atomic E-state index is 12.8. The summed E-state index contributed by atoms with van der Waals surface area (Å²) in [5.41, 5.74) is 2.06. The highest BCUT2D eigenvalue weighted by Gasteiger charge is 2.35. The number of nitrogens with one attached hydrogen (secondary N) is 1. The normalized spacial score (nSPS) is 15.9. The number of thiophene rings is 1. The molecule has 1 N–H and O–H groups in total. The SMILES string of the molecule is C=C(C)CN(CC)C(=O)[C@@H]1CC(=O)c2sc(NC(=O)c3ccsc3)nc2C1. The number of fused-ring (bicyclic) bond motifs is 1. The number of Topliss-reactive ketones (excluding diaryl/α,β-unsaturated/α-hetero) is 1. The number of carbonyl (C=O) groups is 3. The van der Waals surface area contributed by atoms with E-state index in [1.165, 1.54) is 22.7 Å². The fourth-order valence-corrected chi connectivity index (χ4v) is 4.62. The number of rotatable bonds is 6. The van der Waals surface area contributed by atoms with Gasteiger partial charge < -0.3 is 4.90 Å². The summed E-state index contributed by atoms with van der Waals surface area (Å²) in [6.07, 6.45) is 0.593. The molecular weight excluding hydrogens is 382 g/mol. The van der Waals surface area contributed by atoms with Crippen molar-refractivity contribution < 1.29 is 14.4 Å². The Balaban J connectivity index is 1.74. The standard InChI is InChI=1S/C19H21N3O3S2/c1-4-22(9-11(2)3)18(25)13-7-14-16(15(23)8-13)27-19(20-14)21-17(24)12-5-6-26-10-12/h5-6,10,13H,2,4,7-9H2,1,3H3,(H,20,21,24)/t13-/m0/s1. The van der Waals surface area contributed by atoms with E-state index in [-0.39, 0.29) is 24.0 Å². The molecule has 6 nitrogen and oxygen atoms in total. The van der Waals surface area contributed by atoms with E-state index in [4.69, 9.17) is 0 Å². The van der Waals surface area contributed by atoms with Gasteiger partial charge in [-0.2, -0.15) is 11.3 Å². The topological polar surface area (TPSA) is 79.4 Å². The lowest BCUT2D eigenvalue weighted by atomic mass is 9.89. The first kappa shape index (κ1) is 19.4. The van der Waals surface area contributed by atoms with Gasteiger partial charge >= 0.3 is 0 Å². The lowest BCUT2D eigenvalue weighted by Gasteiger charge is -2.27. The lowest BCUT2D eigenvalue weighted by molar-refractivity contribution is -0.135. The number of hydrogen-bond donors (Lipinski definition) is 1. The highest BCUT2D eigenvalue weighted by atomic mass is 32.1. The first-order chi connectivity index (χ1) is 12.9. The van der Waals surface area contributed by atoms with Gasteiger partial charge in [-0.3, -0.25) is 19.7 Å². The van der Waals surface area contributed by atoms with Crippen LogP contribution in [0.5, 0.6) is 0 Å². The third-order valence-corrected chi connectivity index (χ3v) is 6.07. The number of carbonyl (C=O) groups excluding carboxylic acids is 3. The summed E-state index contributed by atoms with van der Waals surface area (Å²) >= 11 is 2.62. The smallest absolute Gasteiger partial charge is 0.258 e. The van der Waals surface area contributed by atoms with Crippen LogP contribution in [0.15, 0.2) is 29.0 Å². The zero-order chi connectivity index (χ0) is 19.6. The minimum Gasteiger partial charge on any atom is -0.339 e. The number of aromatic nitrogens is 1. The second kappa shape index (κ2) is 8.14. The molecule has 0 radical (unpaired) electrons. The third-order valence-electron chi connectivity index (χ3n) is 4.33. The van der Waals surface area contributed by atoms with E-state index >= 15 is 0 Å². The second-order valence-electron chi connectivity index (χ2n) is 6.60. The Labute approximate surface area is 165 Å². The molecule has 0 fully saturated rings. The molecule has 2 aromatic heterocycles. The molecule has 0 saturated heterocycles. The van der Waals surface area contributed by atoms with E-state index in [1.807, 2.05) is 19.2 Å². The van der Waals surface area contributed by atoms with Gasteiger partial charge in [0.2, 0.25) is 5.91 Å². The first-order valence-corrected chi connectivity index (χ1v) is 10.4. The Morgan fingerprint density at radius 3 is 2.81 bits per heavy atom. The van der Waals surface area contributed by atoms with E-state index in [0.717, 1.165) is 5.57 Å². The van der Waals surface area contributed by atoms with Crippen LogP contribution in [0.25, 0.3) is 0 Å². The molecule has 27 heavy (non-hydrogen) atoms. The second-order valence-corrected chi connectivity index (χ2v) is 8.38. The minimum absolute atomic E-state index is 0.0450. The maximum Gasteiger partial charge on any atom is 0.258 e. The summed E-state index contributed by atoms with van der Waals surface area (Å²) < 4.78 is 0. The molecule has 0 aliphatic heterocycles. The molecule has 2 heterocycles. The van der Waals surface area contributed by atoms with E-state index in [0.29, 0.717) is 40.8 Å². The summed E-state index contributed by atoms with van der Waals surface area (Å²) in [5.74, 6) is -0.793. The van der Waals surface area contributed by atoms with Crippen LogP contribution in [0.4, 0.5) is 5.13 Å². The molecule has 2 aromatic rings. The summed E-state index contributed by atoms with van der Waals surface area (Å²) in [4.78, 5) is 44.2. The van der Waals surface area contributed by atoms with Gasteiger partial charge in [-0.1, -0.05) is 23.5 Å². The van der Waals surface area contributed by atoms with E-state index in [9.17, 15) is 14.4 Å². The number of nitrogens with zero attached hydrogens (tertiary/aromatic N) is 2. The van der Waals surface area contributed by atoms with Gasteiger partial charge in [0.05, 0.1) is 22.1 Å². The van der Waals surface area contributed by atoms with Gasteiger partial charge in [-0.25, -0.2) is 4.98 Å². The van der Waals surface area contributed by atoms with Crippen LogP contribution in [-0.2, 0) is 11.2 Å². The minimum atomic E-state index is -0.410. The van der Waals surface area contributed by atoms with Gasteiger partial charge in [0, 0.05) is 31.3 Å². The number of likely N-dealkylation sites (N-methyl/N-ethyl adjacent to an activating group) is 1. The number of amides is 2. The van der Waals surface area contributed by atoms with Gasteiger partial charge in [0.15, 0.2) is 10.9 Å². The Bertz CT molecular complexity index is 886. The van der Waals surface area contributed by atoms with E-state index in [1.54, 1.807) is 16.3 Å². The summed E-state index contributed by atoms with van der Waals surface area (Å²) in [6, 6.07) is 1.73. The highest BCUT2D eigenvalue weighted by Crippen LogP contribution is 2.33. The largest absolute Gasteiger partial charge is 0.339 e. The molecule has 1 aliphatic rings. The van der Waals surface area contributed by atoms with Crippen LogP contribution in [-0.4, -0.2) is 40.6 Å². The summed E-state index contributed by atoms with van der Waals surface area (Å²) in [5, 5.41) is 6.72. The van der Waals surface area contributed by atoms with Crippen molar-refractivity contribution in [3.8, 4) is 0 Å². The Hall–Kier alpha value is -2.32. The summed E-state index contributed by atoms with van der Waals surface area (Å²) in [6.45, 7) is 8.72. The molecule has 1 atom stereocenters. The van der Waals surface area contributed by atoms with Gasteiger partial charge in [0.1, 0.15) is 0 Å². The van der Waals surface area contributed by atoms with Crippen molar-refractivity contribution in [1.82, 2.24) is 9.88 Å². The van der Waals surface area contributed by atoms with E-state index < -0.39 is 5.92 Å². The van der Waals surface area contributed by atoms with Crippen molar-refractivity contribution in [3.63, 3.8) is 0 Å². The summed E-state index contributed by atoms with van der Waals surface area (Å²) in [7, 11) is 0. The van der Waals surface area contributed by atoms with Crippen molar-refractivity contribution in [3.05, 3.63) is 45.1 Å². The van der Waals surface area contributed by atoms with Crippen molar-refractivity contribution in [2.75, 3.05) is 18.4 Å². The fraction of sp³-hybridized carbons (Fsp3) is 0.368. The molecule has 8 heteroatoms. The molecule has 0 unspecified atom stereocenters. The first-order valence-electron chi connectivity index (χ1n) is 8.68. The van der Waals surface area contributed by atoms with Crippen molar-refractivity contribution in [2.24, 2.45) is 5.92 Å². The third kappa shape index (κ3) is 4.33. The maximum atomic E-state index is 12.8. The lowest BCUT2D eigenvalue weighted by Crippen LogP contribution is -2.40. The Morgan fingerprint density at radius 2 is 2.19 bits per heavy atom. The van der Waals surface area contributed by atoms with E-state index in [2.05, 4.69) is 16.9 Å². The molecule has 2 amide bonds. The molecule has 0 bridgehead atoms. The monoisotopic (exact) mass is 403 g/mol. The Kier molecular flexibility index (Phi) is 5.86. The van der Waals surface area contributed by atoms with Crippen molar-refractivity contribution >= 4 is 45.4 Å². The number of anilines is 1. The van der Waals surface area contributed by atoms with Crippen LogP contribution in [0.1, 0.15) is 46.0 Å². The van der Waals surface area contributed by atoms with Crippen molar-refractivity contribution in [1.29, 1.82) is 0 Å². The Morgan fingerprint density at radius 1 is 1.41 bits per heavy atom. The molecule has 0 saturated carbocycles. The highest BCUT2D eigenvalue weighted by molar-refractivity contribution is 7.17. The van der Waals surface area contributed by atoms with Crippen LogP contribution < -0.4 is 5.32 Å². The van der Waals surface area contributed by atoms with Crippen molar-refractivity contribution in [2.45, 2.75) is 26.7 Å². The van der Waals surface area contributed by atoms with Crippen LogP contribution in [0.3, 0.4) is 0 Å². The quantitative estimate of drug-likeness (QED) is 0.747. The van der Waals surface area contributed by atoms with Gasteiger partial charge in [-0.05, 0) is 25.3 Å². The number of ketones is 1. The van der Waals surface area contributed by atoms with Gasteiger partial charge in [0.25, 0.3) is 5.91 Å². The molecule has 1 aliphatic carbocycles. The fourth-order valence-electron chi connectivity index (χ4n) is 3.05. The molecule has 3 rings (SSSR count). The number of hydrogen-bond acceptors (Lipinski definition) is 6. The average Bonchev–Trinajstić information content (AvgIpc) is 3.28. The molecule has 0 aromatic carbocycles. The predicted octanol–water partition coefficient (Wildman–Crippen LogP) is 3.63. The molecule has 0 spiro atoms. The van der Waals surface area contributed by atoms with Gasteiger partial charge in [-0.15, -0.1) is 0 Å². The zero-order valence-electron chi connectivity index (χ0n) is 15.3. The molecular formula is C19H21N3O3S2. The van der Waals surface area contributed by atoms with Crippen LogP contribution >= 0.6 is 22.7 Å². The van der Waals surface area contributed by atoms with Crippen LogP contribution in [0.2, 0.25) is 0 Å². The molecule has 142 valence electrons.